The standard InChI is InChI=1S/C13H19NO/c1-11-4-2-5-12(10-11)13(14)6-3-8-15-9-7-13/h2,4-5,10H,3,6-9,14H2,1H3. The minimum atomic E-state index is -0.178. The van der Waals surface area contributed by atoms with E-state index in [1.807, 2.05) is 0 Å². The van der Waals surface area contributed by atoms with Crippen molar-refractivity contribution >= 4 is 0 Å². The third-order valence-corrected chi connectivity index (χ3v) is 3.20. The first kappa shape index (κ1) is 10.7. The maximum absolute atomic E-state index is 6.47. The highest BCUT2D eigenvalue weighted by molar-refractivity contribution is 5.28. The zero-order valence-corrected chi connectivity index (χ0v) is 9.33. The van der Waals surface area contributed by atoms with E-state index in [9.17, 15) is 0 Å². The summed E-state index contributed by atoms with van der Waals surface area (Å²) < 4.78 is 5.46. The van der Waals surface area contributed by atoms with E-state index in [0.717, 1.165) is 32.5 Å². The number of hydrogen-bond acceptors (Lipinski definition) is 2. The number of hydrogen-bond donors (Lipinski definition) is 1. The van der Waals surface area contributed by atoms with Gasteiger partial charge in [0.15, 0.2) is 0 Å². The van der Waals surface area contributed by atoms with Crippen LogP contribution in [0, 0.1) is 6.92 Å². The van der Waals surface area contributed by atoms with E-state index in [4.69, 9.17) is 10.5 Å². The summed E-state index contributed by atoms with van der Waals surface area (Å²) in [6.07, 6.45) is 3.01. The smallest absolute Gasteiger partial charge is 0.0486 e. The zero-order chi connectivity index (χ0) is 10.7. The summed E-state index contributed by atoms with van der Waals surface area (Å²) in [5, 5.41) is 0. The number of benzene rings is 1. The van der Waals surface area contributed by atoms with Crippen molar-refractivity contribution in [3.63, 3.8) is 0 Å². The minimum absolute atomic E-state index is 0.178. The van der Waals surface area contributed by atoms with Gasteiger partial charge in [0.2, 0.25) is 0 Å². The Bertz CT molecular complexity index is 327. The summed E-state index contributed by atoms with van der Waals surface area (Å²) in [7, 11) is 0. The fraction of sp³-hybridized carbons (Fsp3) is 0.538. The van der Waals surface area contributed by atoms with Gasteiger partial charge in [-0.05, 0) is 31.7 Å². The van der Waals surface area contributed by atoms with Gasteiger partial charge in [-0.15, -0.1) is 0 Å². The lowest BCUT2D eigenvalue weighted by atomic mass is 9.84. The monoisotopic (exact) mass is 205 g/mol. The highest BCUT2D eigenvalue weighted by atomic mass is 16.5. The van der Waals surface area contributed by atoms with Crippen molar-refractivity contribution in [2.75, 3.05) is 13.2 Å². The van der Waals surface area contributed by atoms with Crippen LogP contribution in [0.2, 0.25) is 0 Å². The van der Waals surface area contributed by atoms with Gasteiger partial charge in [-0.3, -0.25) is 0 Å². The highest BCUT2D eigenvalue weighted by Gasteiger charge is 2.28. The van der Waals surface area contributed by atoms with Crippen LogP contribution in [0.15, 0.2) is 24.3 Å². The van der Waals surface area contributed by atoms with Gasteiger partial charge in [0, 0.05) is 18.8 Å². The number of ether oxygens (including phenoxy) is 1. The Morgan fingerprint density at radius 2 is 2.13 bits per heavy atom. The first-order valence-electron chi connectivity index (χ1n) is 5.64. The Hall–Kier alpha value is -0.860. The predicted molar refractivity (Wildman–Crippen MR) is 61.7 cm³/mol. The van der Waals surface area contributed by atoms with E-state index in [1.165, 1.54) is 11.1 Å². The van der Waals surface area contributed by atoms with Crippen molar-refractivity contribution in [1.29, 1.82) is 0 Å². The van der Waals surface area contributed by atoms with Crippen molar-refractivity contribution in [1.82, 2.24) is 0 Å². The molecule has 1 aliphatic rings. The van der Waals surface area contributed by atoms with Crippen LogP contribution >= 0.6 is 0 Å². The SMILES string of the molecule is Cc1cccc(C2(N)CCCOCC2)c1. The van der Waals surface area contributed by atoms with Gasteiger partial charge in [-0.25, -0.2) is 0 Å². The van der Waals surface area contributed by atoms with Crippen molar-refractivity contribution in [3.8, 4) is 0 Å². The summed E-state index contributed by atoms with van der Waals surface area (Å²) in [5.41, 5.74) is 8.83. The van der Waals surface area contributed by atoms with E-state index in [1.54, 1.807) is 0 Å². The quantitative estimate of drug-likeness (QED) is 0.763. The molecule has 2 N–H and O–H groups in total. The second-order valence-corrected chi connectivity index (χ2v) is 4.49. The molecular formula is C13H19NO. The lowest BCUT2D eigenvalue weighted by Gasteiger charge is -2.28. The van der Waals surface area contributed by atoms with Crippen molar-refractivity contribution in [2.45, 2.75) is 31.7 Å². The van der Waals surface area contributed by atoms with E-state index >= 15 is 0 Å². The third-order valence-electron chi connectivity index (χ3n) is 3.20. The van der Waals surface area contributed by atoms with Crippen LogP contribution in [0.5, 0.6) is 0 Å². The molecule has 2 nitrogen and oxygen atoms in total. The third kappa shape index (κ3) is 2.39. The molecule has 1 atom stereocenters. The van der Waals surface area contributed by atoms with Gasteiger partial charge in [0.05, 0.1) is 0 Å². The molecule has 0 radical (unpaired) electrons. The number of rotatable bonds is 1. The van der Waals surface area contributed by atoms with E-state index in [0.29, 0.717) is 0 Å². The molecule has 0 amide bonds. The van der Waals surface area contributed by atoms with Crippen molar-refractivity contribution in [3.05, 3.63) is 35.4 Å². The second-order valence-electron chi connectivity index (χ2n) is 4.49. The molecule has 1 fully saturated rings. The van der Waals surface area contributed by atoms with Crippen LogP contribution in [0.4, 0.5) is 0 Å². The van der Waals surface area contributed by atoms with Gasteiger partial charge >= 0.3 is 0 Å². The van der Waals surface area contributed by atoms with Crippen LogP contribution in [0.25, 0.3) is 0 Å². The largest absolute Gasteiger partial charge is 0.381 e. The molecule has 1 aliphatic heterocycles. The van der Waals surface area contributed by atoms with Crippen molar-refractivity contribution < 1.29 is 4.74 Å². The number of nitrogens with two attached hydrogens (primary N) is 1. The molecular weight excluding hydrogens is 186 g/mol. The van der Waals surface area contributed by atoms with E-state index < -0.39 is 0 Å². The molecule has 82 valence electrons. The Morgan fingerprint density at radius 1 is 1.27 bits per heavy atom. The summed E-state index contributed by atoms with van der Waals surface area (Å²) in [5.74, 6) is 0. The van der Waals surface area contributed by atoms with Crippen LogP contribution in [0.1, 0.15) is 30.4 Å². The summed E-state index contributed by atoms with van der Waals surface area (Å²) in [6.45, 7) is 3.75. The van der Waals surface area contributed by atoms with Crippen LogP contribution in [-0.2, 0) is 10.3 Å². The predicted octanol–water partition coefficient (Wildman–Crippen LogP) is 2.35. The number of aryl methyl sites for hydroxylation is 1. The lowest BCUT2D eigenvalue weighted by molar-refractivity contribution is 0.139. The minimum Gasteiger partial charge on any atom is -0.381 e. The molecule has 15 heavy (non-hydrogen) atoms. The molecule has 0 aliphatic carbocycles. The van der Waals surface area contributed by atoms with E-state index in [2.05, 4.69) is 31.2 Å². The van der Waals surface area contributed by atoms with Crippen LogP contribution in [-0.4, -0.2) is 13.2 Å². The van der Waals surface area contributed by atoms with Gasteiger partial charge < -0.3 is 10.5 Å². The molecule has 0 aromatic heterocycles. The lowest BCUT2D eigenvalue weighted by Crippen LogP contribution is -2.36. The normalized spacial score (nSPS) is 27.3. The molecule has 2 rings (SSSR count). The molecule has 0 bridgehead atoms. The Kier molecular flexibility index (Phi) is 3.08. The Morgan fingerprint density at radius 3 is 2.93 bits per heavy atom. The molecule has 1 heterocycles. The zero-order valence-electron chi connectivity index (χ0n) is 9.33. The molecule has 1 saturated heterocycles. The molecule has 0 spiro atoms. The van der Waals surface area contributed by atoms with Crippen LogP contribution in [0.3, 0.4) is 0 Å². The van der Waals surface area contributed by atoms with Gasteiger partial charge in [0.1, 0.15) is 0 Å². The van der Waals surface area contributed by atoms with Crippen molar-refractivity contribution in [2.24, 2.45) is 5.73 Å². The Labute approximate surface area is 91.4 Å². The highest BCUT2D eigenvalue weighted by Crippen LogP contribution is 2.29. The maximum atomic E-state index is 6.47. The first-order chi connectivity index (χ1) is 7.21. The van der Waals surface area contributed by atoms with Gasteiger partial charge in [-0.2, -0.15) is 0 Å². The molecule has 2 heteroatoms. The second kappa shape index (κ2) is 4.33. The fourth-order valence-electron chi connectivity index (χ4n) is 2.21. The maximum Gasteiger partial charge on any atom is 0.0486 e. The summed E-state index contributed by atoms with van der Waals surface area (Å²) in [4.78, 5) is 0. The molecule has 1 aromatic carbocycles. The first-order valence-corrected chi connectivity index (χ1v) is 5.64. The van der Waals surface area contributed by atoms with Gasteiger partial charge in [0.25, 0.3) is 0 Å². The average Bonchev–Trinajstić information content (AvgIpc) is 2.44. The molecule has 1 unspecified atom stereocenters. The molecule has 1 aromatic rings. The molecule has 0 saturated carbocycles. The summed E-state index contributed by atoms with van der Waals surface area (Å²) >= 11 is 0. The fourth-order valence-corrected chi connectivity index (χ4v) is 2.21. The average molecular weight is 205 g/mol. The Balaban J connectivity index is 2.26. The topological polar surface area (TPSA) is 35.2 Å². The van der Waals surface area contributed by atoms with E-state index in [-0.39, 0.29) is 5.54 Å². The summed E-state index contributed by atoms with van der Waals surface area (Å²) in [6, 6.07) is 8.54. The van der Waals surface area contributed by atoms with Gasteiger partial charge in [-0.1, -0.05) is 29.8 Å². The van der Waals surface area contributed by atoms with Crippen LogP contribution < -0.4 is 5.73 Å².